The van der Waals surface area contributed by atoms with Crippen molar-refractivity contribution < 1.29 is 14.1 Å². The second kappa shape index (κ2) is 7.48. The van der Waals surface area contributed by atoms with Gasteiger partial charge in [0.25, 0.3) is 5.91 Å². The lowest BCUT2D eigenvalue weighted by atomic mass is 9.97. The molecule has 2 N–H and O–H groups in total. The predicted molar refractivity (Wildman–Crippen MR) is 88.7 cm³/mol. The van der Waals surface area contributed by atoms with E-state index >= 15 is 0 Å². The molecule has 1 aliphatic heterocycles. The van der Waals surface area contributed by atoms with E-state index in [0.29, 0.717) is 30.2 Å². The van der Waals surface area contributed by atoms with Crippen LogP contribution in [0.2, 0.25) is 0 Å². The molecule has 1 saturated heterocycles. The summed E-state index contributed by atoms with van der Waals surface area (Å²) in [6.45, 7) is 0.781. The van der Waals surface area contributed by atoms with Crippen molar-refractivity contribution in [1.82, 2.24) is 20.8 Å². The summed E-state index contributed by atoms with van der Waals surface area (Å²) in [4.78, 5) is 28.9. The number of rotatable bonds is 5. The summed E-state index contributed by atoms with van der Waals surface area (Å²) >= 11 is 1.52. The maximum Gasteiger partial charge on any atom is 0.252 e. The lowest BCUT2D eigenvalue weighted by molar-refractivity contribution is -0.122. The Labute approximate surface area is 143 Å². The average molecular weight is 346 g/mol. The minimum Gasteiger partial charge on any atom is -0.356 e. The van der Waals surface area contributed by atoms with E-state index in [-0.39, 0.29) is 24.3 Å². The third-order valence-electron chi connectivity index (χ3n) is 3.85. The zero-order valence-electron chi connectivity index (χ0n) is 13.2. The first-order chi connectivity index (χ1) is 11.7. The van der Waals surface area contributed by atoms with E-state index in [1.54, 1.807) is 6.07 Å². The van der Waals surface area contributed by atoms with Crippen LogP contribution in [0.4, 0.5) is 0 Å². The molecule has 1 aliphatic rings. The van der Waals surface area contributed by atoms with Gasteiger partial charge in [-0.3, -0.25) is 9.59 Å². The lowest BCUT2D eigenvalue weighted by Crippen LogP contribution is -2.32. The van der Waals surface area contributed by atoms with Gasteiger partial charge in [0.15, 0.2) is 5.82 Å². The van der Waals surface area contributed by atoms with Gasteiger partial charge in [-0.2, -0.15) is 4.98 Å². The second-order valence-electron chi connectivity index (χ2n) is 5.47. The predicted octanol–water partition coefficient (Wildman–Crippen LogP) is 1.72. The van der Waals surface area contributed by atoms with E-state index < -0.39 is 0 Å². The third kappa shape index (κ3) is 3.76. The minimum absolute atomic E-state index is 0.000393. The summed E-state index contributed by atoms with van der Waals surface area (Å²) < 4.78 is 5.18. The number of thioether (sulfide) groups is 1. The first-order valence-corrected chi connectivity index (χ1v) is 8.90. The summed E-state index contributed by atoms with van der Waals surface area (Å²) in [6.07, 6.45) is 3.08. The summed E-state index contributed by atoms with van der Waals surface area (Å²) in [5.74, 6) is 0.657. The fraction of sp³-hybridized carbons (Fsp3) is 0.375. The molecule has 24 heavy (non-hydrogen) atoms. The van der Waals surface area contributed by atoms with E-state index in [1.165, 1.54) is 11.8 Å². The second-order valence-corrected chi connectivity index (χ2v) is 6.32. The quantitative estimate of drug-likeness (QED) is 0.800. The molecule has 3 rings (SSSR count). The fourth-order valence-electron chi connectivity index (χ4n) is 2.59. The monoisotopic (exact) mass is 346 g/mol. The third-order valence-corrected chi connectivity index (χ3v) is 4.64. The Bertz CT molecular complexity index is 746. The van der Waals surface area contributed by atoms with Gasteiger partial charge in [-0.05, 0) is 24.8 Å². The van der Waals surface area contributed by atoms with E-state index in [9.17, 15) is 9.59 Å². The van der Waals surface area contributed by atoms with Crippen LogP contribution in [-0.4, -0.2) is 34.8 Å². The van der Waals surface area contributed by atoms with Crippen molar-refractivity contribution in [3.63, 3.8) is 0 Å². The number of aromatic nitrogens is 2. The Morgan fingerprint density at radius 2 is 2.29 bits per heavy atom. The lowest BCUT2D eigenvalue weighted by Gasteiger charge is -2.18. The van der Waals surface area contributed by atoms with Crippen molar-refractivity contribution in [3.05, 3.63) is 41.5 Å². The molecule has 1 atom stereocenters. The van der Waals surface area contributed by atoms with Crippen LogP contribution in [0.3, 0.4) is 0 Å². The number of benzene rings is 1. The largest absolute Gasteiger partial charge is 0.356 e. The summed E-state index contributed by atoms with van der Waals surface area (Å²) in [6, 6.07) is 7.40. The molecule has 2 aromatic rings. The number of hydrogen-bond donors (Lipinski definition) is 2. The normalized spacial score (nSPS) is 17.4. The van der Waals surface area contributed by atoms with Gasteiger partial charge in [-0.1, -0.05) is 17.3 Å². The van der Waals surface area contributed by atoms with Gasteiger partial charge in [-0.25, -0.2) is 0 Å². The van der Waals surface area contributed by atoms with Crippen molar-refractivity contribution in [2.45, 2.75) is 30.2 Å². The molecule has 0 radical (unpaired) electrons. The molecule has 0 spiro atoms. The van der Waals surface area contributed by atoms with Crippen molar-refractivity contribution >= 4 is 23.6 Å². The first-order valence-electron chi connectivity index (χ1n) is 7.67. The Hall–Kier alpha value is -2.35. The molecule has 0 aliphatic carbocycles. The van der Waals surface area contributed by atoms with Crippen molar-refractivity contribution in [1.29, 1.82) is 0 Å². The Morgan fingerprint density at radius 1 is 1.46 bits per heavy atom. The standard InChI is InChI=1S/C16H18N4O3S/c1-24-12-5-3-2-4-11(12)16(22)18-9-14-19-15(20-23-14)10-6-7-17-13(21)8-10/h2-5,10H,6-9H2,1H3,(H,17,21)(H,18,22). The van der Waals surface area contributed by atoms with E-state index in [0.717, 1.165) is 11.3 Å². The van der Waals surface area contributed by atoms with Crippen LogP contribution in [0.25, 0.3) is 0 Å². The number of amides is 2. The molecule has 1 fully saturated rings. The zero-order valence-corrected chi connectivity index (χ0v) is 14.1. The van der Waals surface area contributed by atoms with Crippen LogP contribution in [-0.2, 0) is 11.3 Å². The van der Waals surface area contributed by atoms with Gasteiger partial charge in [0.2, 0.25) is 11.8 Å². The molecule has 126 valence electrons. The van der Waals surface area contributed by atoms with Crippen LogP contribution in [0.1, 0.15) is 40.8 Å². The first kappa shape index (κ1) is 16.5. The SMILES string of the molecule is CSc1ccccc1C(=O)NCc1nc(C2CCNC(=O)C2)no1. The van der Waals surface area contributed by atoms with Crippen molar-refractivity contribution in [2.75, 3.05) is 12.8 Å². The number of nitrogens with one attached hydrogen (secondary N) is 2. The van der Waals surface area contributed by atoms with Crippen molar-refractivity contribution in [3.8, 4) is 0 Å². The van der Waals surface area contributed by atoms with E-state index in [1.807, 2.05) is 24.5 Å². The highest BCUT2D eigenvalue weighted by atomic mass is 32.2. The molecule has 2 heterocycles. The number of carbonyl (C=O) groups is 2. The van der Waals surface area contributed by atoms with Crippen molar-refractivity contribution in [2.24, 2.45) is 0 Å². The van der Waals surface area contributed by atoms with Gasteiger partial charge in [0, 0.05) is 23.8 Å². The molecule has 1 aromatic heterocycles. The number of piperidine rings is 1. The molecule has 1 aromatic carbocycles. The highest BCUT2D eigenvalue weighted by Gasteiger charge is 2.25. The Morgan fingerprint density at radius 3 is 3.08 bits per heavy atom. The molecular weight excluding hydrogens is 328 g/mol. The molecule has 7 nitrogen and oxygen atoms in total. The molecule has 1 unspecified atom stereocenters. The Kier molecular flexibility index (Phi) is 5.14. The van der Waals surface area contributed by atoms with E-state index in [2.05, 4.69) is 20.8 Å². The maximum atomic E-state index is 12.3. The van der Waals surface area contributed by atoms with Crippen LogP contribution in [0.15, 0.2) is 33.7 Å². The molecular formula is C16H18N4O3S. The highest BCUT2D eigenvalue weighted by molar-refractivity contribution is 7.98. The topological polar surface area (TPSA) is 97.1 Å². The molecule has 0 bridgehead atoms. The number of carbonyl (C=O) groups excluding carboxylic acids is 2. The molecule has 0 saturated carbocycles. The van der Waals surface area contributed by atoms with Crippen LogP contribution in [0, 0.1) is 0 Å². The van der Waals surface area contributed by atoms with Crippen LogP contribution >= 0.6 is 11.8 Å². The minimum atomic E-state index is -0.184. The molecule has 2 amide bonds. The smallest absolute Gasteiger partial charge is 0.252 e. The fourth-order valence-corrected chi connectivity index (χ4v) is 3.19. The number of hydrogen-bond acceptors (Lipinski definition) is 6. The summed E-state index contributed by atoms with van der Waals surface area (Å²) in [7, 11) is 0. The average Bonchev–Trinajstić information content (AvgIpc) is 3.08. The summed E-state index contributed by atoms with van der Waals surface area (Å²) in [5, 5.41) is 9.50. The van der Waals surface area contributed by atoms with Crippen LogP contribution < -0.4 is 10.6 Å². The van der Waals surface area contributed by atoms with Gasteiger partial charge >= 0.3 is 0 Å². The summed E-state index contributed by atoms with van der Waals surface area (Å²) in [5.41, 5.74) is 0.619. The van der Waals surface area contributed by atoms with Crippen LogP contribution in [0.5, 0.6) is 0 Å². The number of nitrogens with zero attached hydrogens (tertiary/aromatic N) is 2. The van der Waals surface area contributed by atoms with Gasteiger partial charge < -0.3 is 15.2 Å². The van der Waals surface area contributed by atoms with E-state index in [4.69, 9.17) is 4.52 Å². The Balaban J connectivity index is 1.61. The molecule has 8 heteroatoms. The van der Waals surface area contributed by atoms with Gasteiger partial charge in [0.1, 0.15) is 0 Å². The highest BCUT2D eigenvalue weighted by Crippen LogP contribution is 2.23. The van der Waals surface area contributed by atoms with Gasteiger partial charge in [-0.15, -0.1) is 11.8 Å². The van der Waals surface area contributed by atoms with Gasteiger partial charge in [0.05, 0.1) is 12.1 Å². The maximum absolute atomic E-state index is 12.3. The zero-order chi connectivity index (χ0) is 16.9.